The van der Waals surface area contributed by atoms with Gasteiger partial charge in [-0.3, -0.25) is 0 Å². The highest BCUT2D eigenvalue weighted by Gasteiger charge is 2.09. The van der Waals surface area contributed by atoms with Crippen molar-refractivity contribution in [2.75, 3.05) is 26.6 Å². The highest BCUT2D eigenvalue weighted by Crippen LogP contribution is 2.25. The Hall–Kier alpha value is -2.01. The molecule has 0 bridgehead atoms. The van der Waals surface area contributed by atoms with Crippen LogP contribution in [0.1, 0.15) is 19.5 Å². The van der Waals surface area contributed by atoms with E-state index in [0.29, 0.717) is 19.0 Å². The number of benzene rings is 1. The van der Waals surface area contributed by atoms with Crippen LogP contribution in [-0.2, 0) is 11.4 Å². The first-order valence-corrected chi connectivity index (χ1v) is 8.55. The highest BCUT2D eigenvalue weighted by molar-refractivity contribution is 6.28. The van der Waals surface area contributed by atoms with Gasteiger partial charge in [-0.25, -0.2) is 4.99 Å². The largest absolute Gasteiger partial charge is 0.396 e. The van der Waals surface area contributed by atoms with E-state index in [1.54, 1.807) is 0 Å². The van der Waals surface area contributed by atoms with Gasteiger partial charge in [-0.15, -0.1) is 11.6 Å². The molecule has 6 heteroatoms. The summed E-state index contributed by atoms with van der Waals surface area (Å²) >= 11 is 5.99. The molecule has 0 spiro atoms. The second kappa shape index (κ2) is 8.20. The molecular formula is C18H25ClN4O. The van der Waals surface area contributed by atoms with Crippen molar-refractivity contribution in [3.8, 4) is 0 Å². The van der Waals surface area contributed by atoms with Gasteiger partial charge in [0.25, 0.3) is 0 Å². The number of oxime groups is 1. The highest BCUT2D eigenvalue weighted by atomic mass is 35.5. The van der Waals surface area contributed by atoms with Crippen LogP contribution in [0.3, 0.4) is 0 Å². The molecule has 0 N–H and O–H groups in total. The van der Waals surface area contributed by atoms with Gasteiger partial charge in [0.2, 0.25) is 0 Å². The molecule has 24 heavy (non-hydrogen) atoms. The van der Waals surface area contributed by atoms with Gasteiger partial charge in [0, 0.05) is 30.7 Å². The number of alkyl halides is 1. The molecule has 0 aliphatic rings. The van der Waals surface area contributed by atoms with Crippen molar-refractivity contribution < 1.29 is 4.84 Å². The molecule has 0 unspecified atom stereocenters. The molecule has 0 aliphatic carbocycles. The van der Waals surface area contributed by atoms with Crippen LogP contribution in [0.25, 0.3) is 10.9 Å². The van der Waals surface area contributed by atoms with Crippen LogP contribution < -0.4 is 0 Å². The molecule has 0 aliphatic heterocycles. The van der Waals surface area contributed by atoms with E-state index >= 15 is 0 Å². The average Bonchev–Trinajstić information content (AvgIpc) is 2.85. The molecule has 1 heterocycles. The molecule has 130 valence electrons. The Labute approximate surface area is 148 Å². The molecule has 0 atom stereocenters. The van der Waals surface area contributed by atoms with Crippen LogP contribution in [0.4, 0.5) is 5.69 Å². The monoisotopic (exact) mass is 348 g/mol. The van der Waals surface area contributed by atoms with Crippen LogP contribution in [-0.4, -0.2) is 47.6 Å². The van der Waals surface area contributed by atoms with E-state index in [4.69, 9.17) is 16.4 Å². The van der Waals surface area contributed by atoms with Crippen LogP contribution in [0.15, 0.2) is 34.4 Å². The fourth-order valence-electron chi connectivity index (χ4n) is 2.40. The Morgan fingerprint density at radius 2 is 2.04 bits per heavy atom. The Bertz CT molecular complexity index is 762. The third-order valence-corrected chi connectivity index (χ3v) is 4.16. The lowest BCUT2D eigenvalue weighted by Gasteiger charge is -2.11. The van der Waals surface area contributed by atoms with Gasteiger partial charge < -0.3 is 14.3 Å². The number of amidine groups is 1. The number of rotatable bonds is 6. The second-order valence-corrected chi connectivity index (χ2v) is 6.14. The summed E-state index contributed by atoms with van der Waals surface area (Å²) in [4.78, 5) is 11.8. The minimum Gasteiger partial charge on any atom is -0.396 e. The zero-order valence-corrected chi connectivity index (χ0v) is 15.8. The molecule has 0 saturated heterocycles. The van der Waals surface area contributed by atoms with E-state index in [1.807, 2.05) is 38.9 Å². The normalized spacial score (nSPS) is 12.8. The molecule has 1 aromatic carbocycles. The van der Waals surface area contributed by atoms with E-state index < -0.39 is 0 Å². The molecule has 0 fully saturated rings. The Balaban J connectivity index is 2.36. The molecule has 2 aromatic rings. The quantitative estimate of drug-likeness (QED) is 0.340. The summed E-state index contributed by atoms with van der Waals surface area (Å²) in [5.41, 5.74) is 4.06. The number of aliphatic imine (C=N–C) groups is 1. The van der Waals surface area contributed by atoms with Gasteiger partial charge >= 0.3 is 0 Å². The summed E-state index contributed by atoms with van der Waals surface area (Å²) in [5.74, 6) is 1.32. The van der Waals surface area contributed by atoms with Gasteiger partial charge in [-0.2, -0.15) is 0 Å². The lowest BCUT2D eigenvalue weighted by atomic mass is 10.2. The van der Waals surface area contributed by atoms with Crippen LogP contribution in [0.2, 0.25) is 0 Å². The Morgan fingerprint density at radius 3 is 2.67 bits per heavy atom. The third-order valence-electron chi connectivity index (χ3n) is 3.85. The molecule has 1 aromatic heterocycles. The topological polar surface area (TPSA) is 42.1 Å². The third kappa shape index (κ3) is 4.29. The summed E-state index contributed by atoms with van der Waals surface area (Å²) in [6, 6.07) is 8.39. The Morgan fingerprint density at radius 1 is 1.29 bits per heavy atom. The first-order chi connectivity index (χ1) is 11.5. The minimum atomic E-state index is 0.351. The molecule has 0 amide bonds. The fourth-order valence-corrected chi connectivity index (χ4v) is 2.53. The maximum Gasteiger partial charge on any atom is 0.114 e. The summed E-state index contributed by atoms with van der Waals surface area (Å²) in [7, 11) is 3.98. The first kappa shape index (κ1) is 18.3. The van der Waals surface area contributed by atoms with E-state index in [-0.39, 0.29) is 0 Å². The minimum absolute atomic E-state index is 0.351. The van der Waals surface area contributed by atoms with E-state index in [0.717, 1.165) is 33.8 Å². The molecule has 2 rings (SSSR count). The van der Waals surface area contributed by atoms with Gasteiger partial charge in [-0.1, -0.05) is 5.16 Å². The molecule has 5 nitrogen and oxygen atoms in total. The lowest BCUT2D eigenvalue weighted by molar-refractivity contribution is 0.158. The SMILES string of the molecule is CCO/N=C(/CCl)Cn1c(C)cc2cc(N=C(C)N(C)C)ccc21. The zero-order chi connectivity index (χ0) is 17.7. The van der Waals surface area contributed by atoms with Crippen molar-refractivity contribution in [3.05, 3.63) is 30.0 Å². The fraction of sp³-hybridized carbons (Fsp3) is 0.444. The maximum absolute atomic E-state index is 5.99. The van der Waals surface area contributed by atoms with Gasteiger partial charge in [0.05, 0.1) is 23.8 Å². The van der Waals surface area contributed by atoms with Gasteiger partial charge in [0.15, 0.2) is 0 Å². The number of aromatic nitrogens is 1. The van der Waals surface area contributed by atoms with E-state index in [2.05, 4.69) is 39.8 Å². The maximum atomic E-state index is 5.99. The molecular weight excluding hydrogens is 324 g/mol. The summed E-state index contributed by atoms with van der Waals surface area (Å²) in [6.07, 6.45) is 0. The van der Waals surface area contributed by atoms with Crippen molar-refractivity contribution in [2.45, 2.75) is 27.3 Å². The second-order valence-electron chi connectivity index (χ2n) is 5.88. The van der Waals surface area contributed by atoms with Crippen LogP contribution in [0.5, 0.6) is 0 Å². The standard InChI is InChI=1S/C18H25ClN4O/c1-6-24-21-17(11-19)12-23-13(2)9-15-10-16(7-8-18(15)23)20-14(3)22(4)5/h7-10H,6,11-12H2,1-5H3/b20-14?,21-17-. The van der Waals surface area contributed by atoms with Gasteiger partial charge in [-0.05, 0) is 45.0 Å². The van der Waals surface area contributed by atoms with Crippen LogP contribution >= 0.6 is 11.6 Å². The van der Waals surface area contributed by atoms with Crippen molar-refractivity contribution in [1.29, 1.82) is 0 Å². The van der Waals surface area contributed by atoms with E-state index in [1.165, 1.54) is 0 Å². The predicted molar refractivity (Wildman–Crippen MR) is 103 cm³/mol. The lowest BCUT2D eigenvalue weighted by Crippen LogP contribution is -2.17. The average molecular weight is 349 g/mol. The van der Waals surface area contributed by atoms with Crippen molar-refractivity contribution in [1.82, 2.24) is 9.47 Å². The number of nitrogens with zero attached hydrogens (tertiary/aromatic N) is 4. The number of aryl methyl sites for hydroxylation is 1. The number of hydrogen-bond acceptors (Lipinski definition) is 3. The smallest absolute Gasteiger partial charge is 0.114 e. The van der Waals surface area contributed by atoms with Crippen molar-refractivity contribution in [3.63, 3.8) is 0 Å². The summed E-state index contributed by atoms with van der Waals surface area (Å²) in [5, 5.41) is 5.25. The van der Waals surface area contributed by atoms with Gasteiger partial charge in [0.1, 0.15) is 12.4 Å². The van der Waals surface area contributed by atoms with Crippen molar-refractivity contribution in [2.24, 2.45) is 10.1 Å². The molecule has 0 saturated carbocycles. The van der Waals surface area contributed by atoms with Crippen LogP contribution in [0, 0.1) is 6.92 Å². The Kier molecular flexibility index (Phi) is 6.26. The number of hydrogen-bond donors (Lipinski definition) is 0. The number of halogens is 1. The zero-order valence-electron chi connectivity index (χ0n) is 15.0. The summed E-state index contributed by atoms with van der Waals surface area (Å²) in [6.45, 7) is 7.15. The first-order valence-electron chi connectivity index (χ1n) is 8.02. The van der Waals surface area contributed by atoms with Crippen molar-refractivity contribution >= 4 is 39.7 Å². The molecule has 0 radical (unpaired) electrons. The predicted octanol–water partition coefficient (Wildman–Crippen LogP) is 4.19. The number of fused-ring (bicyclic) bond motifs is 1. The summed E-state index contributed by atoms with van der Waals surface area (Å²) < 4.78 is 2.20. The van der Waals surface area contributed by atoms with E-state index in [9.17, 15) is 0 Å².